The average molecular weight is 489 g/mol. The van der Waals surface area contributed by atoms with Crippen molar-refractivity contribution in [1.29, 1.82) is 0 Å². The van der Waals surface area contributed by atoms with Crippen molar-refractivity contribution in [3.63, 3.8) is 0 Å². The summed E-state index contributed by atoms with van der Waals surface area (Å²) in [6, 6.07) is 9.27. The average Bonchev–Trinajstić information content (AvgIpc) is 3.24. The summed E-state index contributed by atoms with van der Waals surface area (Å²) in [5.74, 6) is 0.664. The molecular weight excluding hydrogens is 448 g/mol. The molecule has 2 bridgehead atoms. The van der Waals surface area contributed by atoms with Crippen LogP contribution in [0.1, 0.15) is 70.2 Å². The summed E-state index contributed by atoms with van der Waals surface area (Å²) in [5.41, 5.74) is 0.299. The lowest BCUT2D eigenvalue weighted by molar-refractivity contribution is -0.211. The van der Waals surface area contributed by atoms with Gasteiger partial charge in [0.2, 0.25) is 5.12 Å². The Morgan fingerprint density at radius 2 is 1.76 bits per heavy atom. The van der Waals surface area contributed by atoms with Gasteiger partial charge in [-0.1, -0.05) is 62.9 Å². The largest absolute Gasteiger partial charge is 0.381 e. The lowest BCUT2D eigenvalue weighted by atomic mass is 9.45. The normalized spacial score (nSPS) is 42.1. The molecular formula is C28H40O5S. The van der Waals surface area contributed by atoms with Crippen molar-refractivity contribution in [2.24, 2.45) is 28.6 Å². The zero-order chi connectivity index (χ0) is 24.7. The molecule has 0 N–H and O–H groups in total. The van der Waals surface area contributed by atoms with E-state index in [0.29, 0.717) is 17.9 Å². The van der Waals surface area contributed by atoms with Crippen LogP contribution < -0.4 is 0 Å². The summed E-state index contributed by atoms with van der Waals surface area (Å²) in [6.07, 6.45) is 4.40. The maximum atomic E-state index is 14.3. The van der Waals surface area contributed by atoms with Crippen molar-refractivity contribution >= 4 is 22.7 Å². The topological polar surface area (TPSA) is 61.8 Å². The minimum absolute atomic E-state index is 0.0617. The summed E-state index contributed by atoms with van der Waals surface area (Å²) in [4.78, 5) is 27.7. The van der Waals surface area contributed by atoms with Gasteiger partial charge in [0.1, 0.15) is 6.79 Å². The first-order valence-electron chi connectivity index (χ1n) is 12.6. The molecule has 6 heteroatoms. The second kappa shape index (κ2) is 9.68. The maximum absolute atomic E-state index is 14.3. The minimum atomic E-state index is -0.883. The van der Waals surface area contributed by atoms with Crippen molar-refractivity contribution in [3.8, 4) is 0 Å². The van der Waals surface area contributed by atoms with Crippen molar-refractivity contribution in [2.75, 3.05) is 21.0 Å². The van der Waals surface area contributed by atoms with E-state index >= 15 is 0 Å². The van der Waals surface area contributed by atoms with E-state index in [2.05, 4.69) is 20.8 Å². The SMILES string of the molecule is COCOC1C[C@@](C)(SC(=O)c2ccccc2)C(=O)[C@H](C)C23CC[C@@H](C)[C@]1(C)C2[C@H](OC)CC3. The zero-order valence-electron chi connectivity index (χ0n) is 21.5. The van der Waals surface area contributed by atoms with Crippen LogP contribution in [0.4, 0.5) is 0 Å². The molecule has 5 nitrogen and oxygen atoms in total. The second-order valence-electron chi connectivity index (χ2n) is 11.2. The van der Waals surface area contributed by atoms with E-state index in [1.54, 1.807) is 7.11 Å². The highest BCUT2D eigenvalue weighted by Crippen LogP contribution is 2.68. The van der Waals surface area contributed by atoms with E-state index in [1.807, 2.05) is 44.4 Å². The standard InChI is InChI=1S/C28H40O5S/c1-18-12-14-28-15-13-21(32-6)23(28)27(18,4)22(33-17-31-5)16-26(3,24(29)19(28)2)34-25(30)20-10-8-7-9-11-20/h7-11,18-19,21-23H,12-17H2,1-6H3/t18-,19+,21-,22?,23?,26-,27+,28?/m1/s1. The van der Waals surface area contributed by atoms with Crippen molar-refractivity contribution in [2.45, 2.75) is 76.8 Å². The molecule has 188 valence electrons. The third kappa shape index (κ3) is 3.99. The van der Waals surface area contributed by atoms with Crippen molar-refractivity contribution < 1.29 is 23.8 Å². The number of ketones is 1. The fourth-order valence-corrected chi connectivity index (χ4v) is 8.87. The number of carbonyl (C=O) groups is 2. The van der Waals surface area contributed by atoms with Gasteiger partial charge in [-0.05, 0) is 56.3 Å². The van der Waals surface area contributed by atoms with Gasteiger partial charge in [-0.3, -0.25) is 9.59 Å². The summed E-state index contributed by atoms with van der Waals surface area (Å²) in [5, 5.41) is -0.0617. The highest BCUT2D eigenvalue weighted by molar-refractivity contribution is 8.15. The first kappa shape index (κ1) is 25.9. The predicted molar refractivity (Wildman–Crippen MR) is 135 cm³/mol. The molecule has 8 atom stereocenters. The van der Waals surface area contributed by atoms with Gasteiger partial charge in [-0.2, -0.15) is 0 Å². The molecule has 4 rings (SSSR count). The second-order valence-corrected chi connectivity index (χ2v) is 12.6. The zero-order valence-corrected chi connectivity index (χ0v) is 22.3. The minimum Gasteiger partial charge on any atom is -0.381 e. The maximum Gasteiger partial charge on any atom is 0.220 e. The number of hydrogen-bond acceptors (Lipinski definition) is 6. The molecule has 3 unspecified atom stereocenters. The Labute approximate surface area is 208 Å². The molecule has 3 fully saturated rings. The molecule has 0 aliphatic heterocycles. The summed E-state index contributed by atoms with van der Waals surface area (Å²) in [6.45, 7) is 8.92. The van der Waals surface area contributed by atoms with Crippen LogP contribution in [0.2, 0.25) is 0 Å². The molecule has 0 aromatic heterocycles. The molecule has 1 aromatic carbocycles. The highest BCUT2D eigenvalue weighted by Gasteiger charge is 2.68. The number of methoxy groups -OCH3 is 2. The molecule has 0 radical (unpaired) electrons. The lowest BCUT2D eigenvalue weighted by Gasteiger charge is -2.62. The molecule has 3 aliphatic rings. The van der Waals surface area contributed by atoms with E-state index < -0.39 is 4.75 Å². The molecule has 0 heterocycles. The van der Waals surface area contributed by atoms with Crippen molar-refractivity contribution in [1.82, 2.24) is 0 Å². The predicted octanol–water partition coefficient (Wildman–Crippen LogP) is 5.76. The molecule has 0 amide bonds. The number of benzene rings is 1. The summed E-state index contributed by atoms with van der Waals surface area (Å²) in [7, 11) is 3.44. The third-order valence-corrected chi connectivity index (χ3v) is 11.0. The van der Waals surface area contributed by atoms with Gasteiger partial charge >= 0.3 is 0 Å². The number of thioether (sulfide) groups is 1. The van der Waals surface area contributed by atoms with Crippen LogP contribution in [-0.2, 0) is 19.0 Å². The molecule has 34 heavy (non-hydrogen) atoms. The molecule has 1 aromatic rings. The van der Waals surface area contributed by atoms with Gasteiger partial charge in [-0.25, -0.2) is 0 Å². The van der Waals surface area contributed by atoms with Crippen LogP contribution >= 0.6 is 11.8 Å². The van der Waals surface area contributed by atoms with Gasteiger partial charge in [0, 0.05) is 31.1 Å². The molecule has 3 saturated carbocycles. The van der Waals surface area contributed by atoms with E-state index in [4.69, 9.17) is 14.2 Å². The lowest BCUT2D eigenvalue weighted by Crippen LogP contribution is -2.63. The van der Waals surface area contributed by atoms with Crippen LogP contribution in [0.25, 0.3) is 0 Å². The van der Waals surface area contributed by atoms with Crippen LogP contribution in [0.5, 0.6) is 0 Å². The Hall–Kier alpha value is -1.21. The number of ether oxygens (including phenoxy) is 3. The quantitative estimate of drug-likeness (QED) is 0.474. The third-order valence-electron chi connectivity index (χ3n) is 9.72. The first-order valence-corrected chi connectivity index (χ1v) is 13.4. The number of carbonyl (C=O) groups excluding carboxylic acids is 2. The Kier molecular flexibility index (Phi) is 7.37. The Balaban J connectivity index is 1.81. The van der Waals surface area contributed by atoms with E-state index in [9.17, 15) is 9.59 Å². The molecule has 0 saturated heterocycles. The Bertz CT molecular complexity index is 905. The van der Waals surface area contributed by atoms with Gasteiger partial charge < -0.3 is 14.2 Å². The number of Topliss-reactive ketones (excluding diaryl/α,β-unsaturated/α-hetero) is 1. The fourth-order valence-electron chi connectivity index (χ4n) is 7.69. The fraction of sp³-hybridized carbons (Fsp3) is 0.714. The monoisotopic (exact) mass is 488 g/mol. The number of rotatable bonds is 6. The van der Waals surface area contributed by atoms with Crippen LogP contribution in [0.15, 0.2) is 30.3 Å². The first-order chi connectivity index (χ1) is 16.1. The van der Waals surface area contributed by atoms with Crippen LogP contribution in [0.3, 0.4) is 0 Å². The van der Waals surface area contributed by atoms with E-state index in [1.165, 1.54) is 11.8 Å². The van der Waals surface area contributed by atoms with Crippen molar-refractivity contribution in [3.05, 3.63) is 35.9 Å². The highest BCUT2D eigenvalue weighted by atomic mass is 32.2. The number of hydrogen-bond donors (Lipinski definition) is 0. The summed E-state index contributed by atoms with van der Waals surface area (Å²) < 4.78 is 17.0. The summed E-state index contributed by atoms with van der Waals surface area (Å²) >= 11 is 1.18. The van der Waals surface area contributed by atoms with Crippen LogP contribution in [0, 0.1) is 28.6 Å². The van der Waals surface area contributed by atoms with E-state index in [0.717, 1.165) is 25.7 Å². The van der Waals surface area contributed by atoms with Gasteiger partial charge in [0.05, 0.1) is 17.0 Å². The molecule has 0 spiro atoms. The van der Waals surface area contributed by atoms with Gasteiger partial charge in [-0.15, -0.1) is 0 Å². The Morgan fingerprint density at radius 1 is 1.09 bits per heavy atom. The van der Waals surface area contributed by atoms with Crippen LogP contribution in [-0.4, -0.2) is 48.9 Å². The Morgan fingerprint density at radius 3 is 2.41 bits per heavy atom. The molecule has 3 aliphatic carbocycles. The van der Waals surface area contributed by atoms with Gasteiger partial charge in [0.25, 0.3) is 0 Å². The smallest absolute Gasteiger partial charge is 0.220 e. The van der Waals surface area contributed by atoms with E-state index in [-0.39, 0.29) is 52.6 Å². The van der Waals surface area contributed by atoms with Gasteiger partial charge in [0.15, 0.2) is 5.78 Å².